The van der Waals surface area contributed by atoms with E-state index in [4.69, 9.17) is 5.73 Å². The predicted molar refractivity (Wildman–Crippen MR) is 78.8 cm³/mol. The Hall–Kier alpha value is -1.18. The van der Waals surface area contributed by atoms with Gasteiger partial charge in [-0.25, -0.2) is 12.8 Å². The first-order chi connectivity index (χ1) is 9.87. The molecule has 0 radical (unpaired) electrons. The number of rotatable bonds is 3. The first-order valence-corrected chi connectivity index (χ1v) is 8.50. The lowest BCUT2D eigenvalue weighted by molar-refractivity contribution is 0.186. The van der Waals surface area contributed by atoms with Crippen LogP contribution in [-0.2, 0) is 10.0 Å². The minimum absolute atomic E-state index is 0.0155. The standard InChI is InChI=1S/C14H21FN2O3S/c1-10-7-12(15)13(16)8-14(10)21(19,20)17-6-4-2-3-5-11(17)9-18/h7-8,11,18H,2-6,9,16H2,1H3. The molecule has 1 fully saturated rings. The smallest absolute Gasteiger partial charge is 0.243 e. The van der Waals surface area contributed by atoms with E-state index < -0.39 is 21.9 Å². The fourth-order valence-corrected chi connectivity index (χ4v) is 4.65. The Balaban J connectivity index is 2.47. The highest BCUT2D eigenvalue weighted by atomic mass is 32.2. The molecule has 0 amide bonds. The van der Waals surface area contributed by atoms with Gasteiger partial charge in [-0.3, -0.25) is 0 Å². The molecule has 1 saturated heterocycles. The van der Waals surface area contributed by atoms with Gasteiger partial charge in [-0.2, -0.15) is 4.31 Å². The molecule has 7 heteroatoms. The number of hydrogen-bond donors (Lipinski definition) is 2. The number of halogens is 1. The molecule has 0 aromatic heterocycles. The maximum atomic E-state index is 13.4. The lowest BCUT2D eigenvalue weighted by Crippen LogP contribution is -2.42. The van der Waals surface area contributed by atoms with Crippen molar-refractivity contribution in [3.63, 3.8) is 0 Å². The summed E-state index contributed by atoms with van der Waals surface area (Å²) in [4.78, 5) is 0.0155. The number of sulfonamides is 1. The molecule has 5 nitrogen and oxygen atoms in total. The Bertz CT molecular complexity index is 619. The van der Waals surface area contributed by atoms with E-state index in [1.807, 2.05) is 0 Å². The lowest BCUT2D eigenvalue weighted by Gasteiger charge is -2.28. The van der Waals surface area contributed by atoms with Crippen molar-refractivity contribution in [2.45, 2.75) is 43.5 Å². The van der Waals surface area contributed by atoms with Crippen molar-refractivity contribution in [1.82, 2.24) is 4.31 Å². The zero-order valence-corrected chi connectivity index (χ0v) is 12.9. The average molecular weight is 316 g/mol. The summed E-state index contributed by atoms with van der Waals surface area (Å²) < 4.78 is 40.4. The summed E-state index contributed by atoms with van der Waals surface area (Å²) in [6.07, 6.45) is 3.21. The van der Waals surface area contributed by atoms with Crippen molar-refractivity contribution in [3.8, 4) is 0 Å². The molecule has 0 aliphatic carbocycles. The van der Waals surface area contributed by atoms with Crippen molar-refractivity contribution in [3.05, 3.63) is 23.5 Å². The largest absolute Gasteiger partial charge is 0.396 e. The van der Waals surface area contributed by atoms with Crippen molar-refractivity contribution >= 4 is 15.7 Å². The molecule has 21 heavy (non-hydrogen) atoms. The Morgan fingerprint density at radius 2 is 2.10 bits per heavy atom. The molecule has 1 aliphatic heterocycles. The normalized spacial score (nSPS) is 21.2. The van der Waals surface area contributed by atoms with Crippen LogP contribution in [-0.4, -0.2) is 37.0 Å². The van der Waals surface area contributed by atoms with E-state index in [2.05, 4.69) is 0 Å². The molecule has 118 valence electrons. The van der Waals surface area contributed by atoms with Crippen LogP contribution in [0.15, 0.2) is 17.0 Å². The van der Waals surface area contributed by atoms with Gasteiger partial charge in [0.1, 0.15) is 5.82 Å². The van der Waals surface area contributed by atoms with Gasteiger partial charge in [-0.1, -0.05) is 12.8 Å². The van der Waals surface area contributed by atoms with E-state index in [0.717, 1.165) is 25.3 Å². The van der Waals surface area contributed by atoms with E-state index in [1.54, 1.807) is 6.92 Å². The zero-order chi connectivity index (χ0) is 15.6. The number of aliphatic hydroxyl groups excluding tert-OH is 1. The van der Waals surface area contributed by atoms with Crippen LogP contribution in [0.25, 0.3) is 0 Å². The minimum Gasteiger partial charge on any atom is -0.396 e. The van der Waals surface area contributed by atoms with Crippen molar-refractivity contribution in [2.24, 2.45) is 0 Å². The third kappa shape index (κ3) is 3.20. The number of nitrogens with two attached hydrogens (primary N) is 1. The van der Waals surface area contributed by atoms with Gasteiger partial charge < -0.3 is 10.8 Å². The first kappa shape index (κ1) is 16.2. The van der Waals surface area contributed by atoms with Crippen LogP contribution in [0, 0.1) is 12.7 Å². The van der Waals surface area contributed by atoms with Gasteiger partial charge >= 0.3 is 0 Å². The molecule has 0 bridgehead atoms. The third-order valence-electron chi connectivity index (χ3n) is 3.91. The SMILES string of the molecule is Cc1cc(F)c(N)cc1S(=O)(=O)N1CCCCCC1CO. The summed E-state index contributed by atoms with van der Waals surface area (Å²) >= 11 is 0. The molecule has 3 N–H and O–H groups in total. The average Bonchev–Trinajstić information content (AvgIpc) is 2.68. The molecule has 2 rings (SSSR count). The molecule has 1 atom stereocenters. The van der Waals surface area contributed by atoms with Crippen molar-refractivity contribution < 1.29 is 17.9 Å². The van der Waals surface area contributed by atoms with Gasteiger partial charge in [0.15, 0.2) is 0 Å². The number of nitrogen functional groups attached to an aromatic ring is 1. The lowest BCUT2D eigenvalue weighted by atomic mass is 10.1. The van der Waals surface area contributed by atoms with Crippen LogP contribution < -0.4 is 5.73 Å². The summed E-state index contributed by atoms with van der Waals surface area (Å²) in [6, 6.07) is 1.87. The Labute approximate surface area is 124 Å². The summed E-state index contributed by atoms with van der Waals surface area (Å²) in [6.45, 7) is 1.69. The quantitative estimate of drug-likeness (QED) is 0.830. The van der Waals surface area contributed by atoms with Crippen LogP contribution in [0.3, 0.4) is 0 Å². The highest BCUT2D eigenvalue weighted by Crippen LogP contribution is 2.28. The van der Waals surface area contributed by atoms with E-state index >= 15 is 0 Å². The maximum Gasteiger partial charge on any atom is 0.243 e. The Morgan fingerprint density at radius 3 is 2.76 bits per heavy atom. The van der Waals surface area contributed by atoms with Crippen LogP contribution in [0.5, 0.6) is 0 Å². The highest BCUT2D eigenvalue weighted by molar-refractivity contribution is 7.89. The number of anilines is 1. The minimum atomic E-state index is -3.79. The molecular weight excluding hydrogens is 295 g/mol. The fraction of sp³-hybridized carbons (Fsp3) is 0.571. The van der Waals surface area contributed by atoms with E-state index in [1.165, 1.54) is 10.4 Å². The van der Waals surface area contributed by atoms with Crippen molar-refractivity contribution in [2.75, 3.05) is 18.9 Å². The molecule has 1 aliphatic rings. The van der Waals surface area contributed by atoms with Crippen LogP contribution in [0.4, 0.5) is 10.1 Å². The first-order valence-electron chi connectivity index (χ1n) is 7.06. The number of nitrogens with zero attached hydrogens (tertiary/aromatic N) is 1. The summed E-state index contributed by atoms with van der Waals surface area (Å²) in [7, 11) is -3.79. The topological polar surface area (TPSA) is 83.6 Å². The highest BCUT2D eigenvalue weighted by Gasteiger charge is 2.33. The molecular formula is C14H21FN2O3S. The third-order valence-corrected chi connectivity index (χ3v) is 6.01. The summed E-state index contributed by atoms with van der Waals surface area (Å²) in [5, 5.41) is 9.47. The second kappa shape index (κ2) is 6.29. The second-order valence-electron chi connectivity index (χ2n) is 5.44. The number of aryl methyl sites for hydroxylation is 1. The number of benzene rings is 1. The molecule has 0 saturated carbocycles. The van der Waals surface area contributed by atoms with Gasteiger partial charge in [0.2, 0.25) is 10.0 Å². The molecule has 1 aromatic carbocycles. The summed E-state index contributed by atoms with van der Waals surface area (Å²) in [5.41, 5.74) is 5.64. The van der Waals surface area contributed by atoms with Gasteiger partial charge in [-0.05, 0) is 37.5 Å². The van der Waals surface area contributed by atoms with Crippen molar-refractivity contribution in [1.29, 1.82) is 0 Å². The molecule has 1 unspecified atom stereocenters. The number of aliphatic hydroxyl groups is 1. The zero-order valence-electron chi connectivity index (χ0n) is 12.0. The molecule has 1 aromatic rings. The fourth-order valence-electron chi connectivity index (χ4n) is 2.72. The van der Waals surface area contributed by atoms with Crippen LogP contribution in [0.1, 0.15) is 31.2 Å². The van der Waals surface area contributed by atoms with E-state index in [0.29, 0.717) is 18.5 Å². The molecule has 0 spiro atoms. The van der Waals surface area contributed by atoms with Crippen LogP contribution in [0.2, 0.25) is 0 Å². The van der Waals surface area contributed by atoms with Gasteiger partial charge in [0.05, 0.1) is 17.2 Å². The Kier molecular flexibility index (Phi) is 4.85. The number of hydrogen-bond acceptors (Lipinski definition) is 4. The van der Waals surface area contributed by atoms with Gasteiger partial charge in [-0.15, -0.1) is 0 Å². The maximum absolute atomic E-state index is 13.4. The monoisotopic (exact) mass is 316 g/mol. The molecule has 1 heterocycles. The Morgan fingerprint density at radius 1 is 1.38 bits per heavy atom. The van der Waals surface area contributed by atoms with E-state index in [9.17, 15) is 17.9 Å². The van der Waals surface area contributed by atoms with Crippen LogP contribution >= 0.6 is 0 Å². The predicted octanol–water partition coefficient (Wildman–Crippen LogP) is 1.64. The van der Waals surface area contributed by atoms with E-state index in [-0.39, 0.29) is 17.2 Å². The summed E-state index contributed by atoms with van der Waals surface area (Å²) in [5.74, 6) is -0.624. The second-order valence-corrected chi connectivity index (χ2v) is 7.30. The van der Waals surface area contributed by atoms with Gasteiger partial charge in [0, 0.05) is 12.6 Å². The van der Waals surface area contributed by atoms with Gasteiger partial charge in [0.25, 0.3) is 0 Å².